The molecule has 0 amide bonds. The third-order valence-electron chi connectivity index (χ3n) is 8.43. The number of nitrogens with zero attached hydrogens (tertiary/aromatic N) is 1. The maximum absolute atomic E-state index is 12.6. The number of unbranched alkanes of at least 4 members (excludes halogenated alkanes) is 21. The van der Waals surface area contributed by atoms with E-state index in [0.29, 0.717) is 17.4 Å². The van der Waals surface area contributed by atoms with Crippen LogP contribution >= 0.6 is 7.82 Å². The van der Waals surface area contributed by atoms with Gasteiger partial charge in [0.05, 0.1) is 27.7 Å². The SMILES string of the molecule is C=CCCCCCCCCCCCCCCCC(=O)O[C@H](COC(=O)CCCCCCCCCCC)COP(=O)([O-])OCC[N+](C)(C)C. The Morgan fingerprint density at radius 3 is 1.56 bits per heavy atom. The third-order valence-corrected chi connectivity index (χ3v) is 9.40. The highest BCUT2D eigenvalue weighted by Gasteiger charge is 2.21. The maximum atomic E-state index is 12.6. The van der Waals surface area contributed by atoms with Crippen molar-refractivity contribution in [3.05, 3.63) is 12.7 Å². The summed E-state index contributed by atoms with van der Waals surface area (Å²) in [6.45, 7) is 5.72. The van der Waals surface area contributed by atoms with Gasteiger partial charge in [-0.3, -0.25) is 14.2 Å². The number of quaternary nitrogens is 1. The molecule has 2 atom stereocenters. The number of likely N-dealkylation sites (N-methyl/N-ethyl adjacent to an activating group) is 1. The van der Waals surface area contributed by atoms with E-state index in [4.69, 9.17) is 18.5 Å². The zero-order chi connectivity index (χ0) is 35.8. The second-order valence-electron chi connectivity index (χ2n) is 14.4. The molecule has 0 radical (unpaired) electrons. The molecule has 1 unspecified atom stereocenters. The van der Waals surface area contributed by atoms with Crippen LogP contribution in [0.2, 0.25) is 0 Å². The number of ether oxygens (including phenoxy) is 2. The Bertz CT molecular complexity index is 832. The molecule has 0 bridgehead atoms. The molecule has 0 aliphatic heterocycles. The van der Waals surface area contributed by atoms with Crippen LogP contribution in [0, 0.1) is 0 Å². The minimum absolute atomic E-state index is 0.0286. The zero-order valence-electron chi connectivity index (χ0n) is 31.5. The van der Waals surface area contributed by atoms with Crippen LogP contribution < -0.4 is 4.89 Å². The van der Waals surface area contributed by atoms with Gasteiger partial charge in [0.25, 0.3) is 7.82 Å². The van der Waals surface area contributed by atoms with Gasteiger partial charge in [-0.2, -0.15) is 0 Å². The standard InChI is InChI=1S/C38H74NO8P/c1-6-8-10-12-14-16-17-18-19-20-21-23-25-27-29-31-38(41)47-36(35-46-48(42,43)45-33-32-39(3,4)5)34-44-37(40)30-28-26-24-22-15-13-11-9-7-2/h6,36H,1,7-35H2,2-5H3/t36-/m1/s1. The van der Waals surface area contributed by atoms with Crippen LogP contribution in [0.3, 0.4) is 0 Å². The van der Waals surface area contributed by atoms with Gasteiger partial charge in [0, 0.05) is 12.8 Å². The third kappa shape index (κ3) is 34.6. The fourth-order valence-electron chi connectivity index (χ4n) is 5.34. The Kier molecular flexibility index (Phi) is 30.9. The highest BCUT2D eigenvalue weighted by atomic mass is 31.2. The molecule has 0 aromatic carbocycles. The van der Waals surface area contributed by atoms with Crippen molar-refractivity contribution in [3.63, 3.8) is 0 Å². The average molecular weight is 704 g/mol. The van der Waals surface area contributed by atoms with Crippen LogP contribution in [0.25, 0.3) is 0 Å². The van der Waals surface area contributed by atoms with Crippen LogP contribution in [0.1, 0.15) is 167 Å². The molecule has 0 aliphatic carbocycles. The van der Waals surface area contributed by atoms with Gasteiger partial charge in [-0.15, -0.1) is 6.58 Å². The summed E-state index contributed by atoms with van der Waals surface area (Å²) in [5, 5.41) is 0. The summed E-state index contributed by atoms with van der Waals surface area (Å²) in [5.74, 6) is -0.836. The summed E-state index contributed by atoms with van der Waals surface area (Å²) < 4.78 is 33.7. The predicted octanol–water partition coefficient (Wildman–Crippen LogP) is 9.61. The highest BCUT2D eigenvalue weighted by Crippen LogP contribution is 2.38. The van der Waals surface area contributed by atoms with Crippen LogP contribution in [-0.2, 0) is 32.7 Å². The van der Waals surface area contributed by atoms with E-state index in [9.17, 15) is 19.0 Å². The van der Waals surface area contributed by atoms with Gasteiger partial charge in [-0.05, 0) is 25.7 Å². The molecule has 9 nitrogen and oxygen atoms in total. The van der Waals surface area contributed by atoms with Crippen molar-refractivity contribution in [1.29, 1.82) is 0 Å². The van der Waals surface area contributed by atoms with Crippen molar-refractivity contribution in [1.82, 2.24) is 0 Å². The molecule has 284 valence electrons. The summed E-state index contributed by atoms with van der Waals surface area (Å²) >= 11 is 0. The van der Waals surface area contributed by atoms with E-state index in [2.05, 4.69) is 13.5 Å². The first-order chi connectivity index (χ1) is 23.0. The Morgan fingerprint density at radius 1 is 0.667 bits per heavy atom. The van der Waals surface area contributed by atoms with Crippen LogP contribution in [0.15, 0.2) is 12.7 Å². The first-order valence-electron chi connectivity index (χ1n) is 19.4. The number of rotatable bonds is 36. The Labute approximate surface area is 295 Å². The molecular weight excluding hydrogens is 629 g/mol. The maximum Gasteiger partial charge on any atom is 0.306 e. The number of esters is 2. The molecule has 48 heavy (non-hydrogen) atoms. The van der Waals surface area contributed by atoms with Gasteiger partial charge >= 0.3 is 11.9 Å². The average Bonchev–Trinajstić information content (AvgIpc) is 3.02. The van der Waals surface area contributed by atoms with Gasteiger partial charge in [0.1, 0.15) is 19.8 Å². The van der Waals surface area contributed by atoms with Gasteiger partial charge in [-0.25, -0.2) is 0 Å². The lowest BCUT2D eigenvalue weighted by atomic mass is 10.0. The topological polar surface area (TPSA) is 111 Å². The van der Waals surface area contributed by atoms with Crippen molar-refractivity contribution in [2.45, 2.75) is 174 Å². The molecule has 0 N–H and O–H groups in total. The molecule has 0 heterocycles. The second kappa shape index (κ2) is 31.7. The van der Waals surface area contributed by atoms with Gasteiger partial charge < -0.3 is 27.9 Å². The largest absolute Gasteiger partial charge is 0.756 e. The predicted molar refractivity (Wildman–Crippen MR) is 195 cm³/mol. The lowest BCUT2D eigenvalue weighted by molar-refractivity contribution is -0.870. The van der Waals surface area contributed by atoms with Crippen molar-refractivity contribution >= 4 is 19.8 Å². The van der Waals surface area contributed by atoms with E-state index >= 15 is 0 Å². The van der Waals surface area contributed by atoms with Crippen molar-refractivity contribution in [2.24, 2.45) is 0 Å². The number of allylic oxidation sites excluding steroid dienone is 1. The highest BCUT2D eigenvalue weighted by molar-refractivity contribution is 7.45. The van der Waals surface area contributed by atoms with Crippen LogP contribution in [0.5, 0.6) is 0 Å². The minimum atomic E-state index is -4.61. The van der Waals surface area contributed by atoms with E-state index in [1.807, 2.05) is 27.2 Å². The van der Waals surface area contributed by atoms with Crippen molar-refractivity contribution in [2.75, 3.05) is 47.5 Å². The number of carbonyl (C=O) groups is 2. The van der Waals surface area contributed by atoms with Gasteiger partial charge in [0.15, 0.2) is 6.10 Å². The smallest absolute Gasteiger partial charge is 0.306 e. The summed E-state index contributed by atoms with van der Waals surface area (Å²) in [4.78, 5) is 37.2. The molecule has 0 fully saturated rings. The first-order valence-corrected chi connectivity index (χ1v) is 20.8. The van der Waals surface area contributed by atoms with Crippen LogP contribution in [0.4, 0.5) is 0 Å². The molecule has 10 heteroatoms. The van der Waals surface area contributed by atoms with Crippen molar-refractivity contribution in [3.8, 4) is 0 Å². The molecule has 0 spiro atoms. The molecule has 0 aliphatic rings. The Hall–Kier alpha value is -1.25. The number of phosphoric acid groups is 1. The normalized spacial score (nSPS) is 13.6. The van der Waals surface area contributed by atoms with E-state index in [-0.39, 0.29) is 32.0 Å². The first kappa shape index (κ1) is 46.8. The van der Waals surface area contributed by atoms with Gasteiger partial charge in [-0.1, -0.05) is 135 Å². The molecule has 0 aromatic heterocycles. The van der Waals surface area contributed by atoms with Crippen LogP contribution in [-0.4, -0.2) is 70.0 Å². The fraction of sp³-hybridized carbons (Fsp3) is 0.895. The fourth-order valence-corrected chi connectivity index (χ4v) is 6.07. The summed E-state index contributed by atoms with van der Waals surface area (Å²) in [6, 6.07) is 0. The number of phosphoric ester groups is 1. The summed E-state index contributed by atoms with van der Waals surface area (Å²) in [5.41, 5.74) is 0. The van der Waals surface area contributed by atoms with E-state index in [1.54, 1.807) is 0 Å². The number of hydrogen-bond acceptors (Lipinski definition) is 8. The molecule has 0 saturated carbocycles. The lowest BCUT2D eigenvalue weighted by Crippen LogP contribution is -2.37. The van der Waals surface area contributed by atoms with E-state index in [0.717, 1.165) is 44.9 Å². The quantitative estimate of drug-likeness (QED) is 0.0209. The van der Waals surface area contributed by atoms with Gasteiger partial charge in [0.2, 0.25) is 0 Å². The molecular formula is C38H74NO8P. The molecule has 0 rings (SSSR count). The Morgan fingerprint density at radius 2 is 1.10 bits per heavy atom. The monoisotopic (exact) mass is 704 g/mol. The zero-order valence-corrected chi connectivity index (χ0v) is 32.4. The minimum Gasteiger partial charge on any atom is -0.756 e. The lowest BCUT2D eigenvalue weighted by Gasteiger charge is -2.28. The summed E-state index contributed by atoms with van der Waals surface area (Å²) in [7, 11) is 1.17. The van der Waals surface area contributed by atoms with E-state index in [1.165, 1.54) is 96.3 Å². The molecule has 0 saturated heterocycles. The number of hydrogen-bond donors (Lipinski definition) is 0. The molecule has 0 aromatic rings. The Balaban J connectivity index is 4.37. The second-order valence-corrected chi connectivity index (χ2v) is 15.8. The van der Waals surface area contributed by atoms with Crippen molar-refractivity contribution < 1.29 is 42.1 Å². The number of carbonyl (C=O) groups excluding carboxylic acids is 2. The van der Waals surface area contributed by atoms with E-state index < -0.39 is 26.5 Å². The summed E-state index contributed by atoms with van der Waals surface area (Å²) in [6.07, 6.45) is 28.5.